The molecule has 0 radical (unpaired) electrons. The lowest BCUT2D eigenvalue weighted by molar-refractivity contribution is -0.123. The van der Waals surface area contributed by atoms with Crippen LogP contribution >= 0.6 is 0 Å². The molecule has 2 amide bonds. The van der Waals surface area contributed by atoms with Gasteiger partial charge >= 0.3 is 11.8 Å². The van der Waals surface area contributed by atoms with E-state index < -0.39 is 42.3 Å². The topological polar surface area (TPSA) is 173 Å². The van der Waals surface area contributed by atoms with Crippen LogP contribution in [0.2, 0.25) is 0 Å². The molecule has 0 saturated heterocycles. The van der Waals surface area contributed by atoms with Crippen molar-refractivity contribution in [3.63, 3.8) is 0 Å². The number of aromatic nitrogens is 6. The van der Waals surface area contributed by atoms with E-state index in [1.807, 2.05) is 13.8 Å². The Balaban J connectivity index is 1.41. The molecule has 2 aliphatic rings. The zero-order chi connectivity index (χ0) is 32.5. The van der Waals surface area contributed by atoms with E-state index in [4.69, 9.17) is 20.9 Å². The number of carbonyl (C=O) groups is 2. The SMILES string of the molecule is [2H]C1(NC(=O)OC)CCC(n2c(=O)n(C([2H])([2H])[2H])c3cnc(Nc4ccc5c(OCC)nn(C6(C(N)=O)CC6C)c5n4)cc32)C1. The van der Waals surface area contributed by atoms with E-state index in [1.165, 1.54) is 22.6 Å². The Kier molecular flexibility index (Phi) is 5.28. The highest BCUT2D eigenvalue weighted by Gasteiger charge is 2.60. The number of ether oxygens (including phenoxy) is 2. The van der Waals surface area contributed by atoms with Gasteiger partial charge in [0.15, 0.2) is 5.65 Å². The molecule has 4 N–H and O–H groups in total. The van der Waals surface area contributed by atoms with Crippen LogP contribution < -0.4 is 26.8 Å². The van der Waals surface area contributed by atoms with Gasteiger partial charge in [-0.25, -0.2) is 24.2 Å². The summed E-state index contributed by atoms with van der Waals surface area (Å²) in [5.41, 5.74) is 4.75. The Morgan fingerprint density at radius 2 is 2.10 bits per heavy atom. The molecule has 2 aliphatic carbocycles. The molecule has 216 valence electrons. The standard InChI is InChI=1S/C27H33N9O5/c1-5-41-23-17-8-9-20(32-22(17)36(33-23)27(24(28)37)12-14(27)2)31-21-11-18-19(13-29-21)34(3)26(39)35(18)16-7-6-15(10-16)30-25(38)40-4/h8-9,11,13-16H,5-7,10,12H2,1-4H3,(H2,28,37)(H,30,38)(H,29,31,32)/i3D3,15D. The first-order chi connectivity index (χ1) is 21.2. The summed E-state index contributed by atoms with van der Waals surface area (Å²) in [4.78, 5) is 47.0. The van der Waals surface area contributed by atoms with Crippen LogP contribution in [0.1, 0.15) is 51.1 Å². The number of rotatable bonds is 8. The number of pyridine rings is 2. The van der Waals surface area contributed by atoms with E-state index in [0.29, 0.717) is 46.7 Å². The Morgan fingerprint density at radius 3 is 2.78 bits per heavy atom. The molecule has 14 heteroatoms. The number of nitrogens with one attached hydrogen (secondary N) is 2. The summed E-state index contributed by atoms with van der Waals surface area (Å²) in [5, 5.41) is 10.7. The van der Waals surface area contributed by atoms with Crippen molar-refractivity contribution < 1.29 is 24.5 Å². The highest BCUT2D eigenvalue weighted by atomic mass is 16.5. The number of aryl methyl sites for hydroxylation is 1. The minimum absolute atomic E-state index is 0.0464. The molecular formula is C27H33N9O5. The third-order valence-electron chi connectivity index (χ3n) is 7.96. The lowest BCUT2D eigenvalue weighted by atomic mass is 10.2. The van der Waals surface area contributed by atoms with Crippen molar-refractivity contribution in [2.45, 2.75) is 57.1 Å². The molecule has 4 unspecified atom stereocenters. The average molecular weight is 568 g/mol. The first-order valence-corrected chi connectivity index (χ1v) is 13.3. The molecule has 14 nitrogen and oxygen atoms in total. The Labute approximate surface area is 240 Å². The summed E-state index contributed by atoms with van der Waals surface area (Å²) < 4.78 is 46.6. The normalized spacial score (nSPS) is 27.1. The van der Waals surface area contributed by atoms with Gasteiger partial charge in [-0.05, 0) is 50.7 Å². The van der Waals surface area contributed by atoms with E-state index in [9.17, 15) is 14.4 Å². The first kappa shape index (κ1) is 22.1. The number of imidazole rings is 1. The van der Waals surface area contributed by atoms with E-state index in [1.54, 1.807) is 18.2 Å². The van der Waals surface area contributed by atoms with Crippen LogP contribution in [0, 0.1) is 5.92 Å². The molecule has 4 heterocycles. The quantitative estimate of drug-likeness (QED) is 0.289. The van der Waals surface area contributed by atoms with Crippen LogP contribution in [-0.4, -0.2) is 60.6 Å². The minimum atomic E-state index is -2.79. The largest absolute Gasteiger partial charge is 0.476 e. The van der Waals surface area contributed by atoms with Gasteiger partial charge in [-0.3, -0.25) is 13.9 Å². The van der Waals surface area contributed by atoms with E-state index in [2.05, 4.69) is 25.5 Å². The molecule has 0 bridgehead atoms. The smallest absolute Gasteiger partial charge is 0.407 e. The fraction of sp³-hybridized carbons (Fsp3) is 0.481. The van der Waals surface area contributed by atoms with Gasteiger partial charge in [-0.15, -0.1) is 5.10 Å². The lowest BCUT2D eigenvalue weighted by Crippen LogP contribution is -2.36. The van der Waals surface area contributed by atoms with Crippen molar-refractivity contribution in [2.24, 2.45) is 18.6 Å². The highest BCUT2D eigenvalue weighted by molar-refractivity contribution is 5.91. The molecule has 0 spiro atoms. The molecule has 6 rings (SSSR count). The Bertz CT molecular complexity index is 1900. The molecular weight excluding hydrogens is 530 g/mol. The average Bonchev–Trinajstić information content (AvgIpc) is 3.20. The second kappa shape index (κ2) is 9.78. The van der Waals surface area contributed by atoms with Crippen molar-refractivity contribution in [2.75, 3.05) is 19.0 Å². The van der Waals surface area contributed by atoms with Crippen LogP contribution in [0.15, 0.2) is 29.2 Å². The number of primary amides is 1. The molecule has 0 aromatic carbocycles. The predicted octanol–water partition coefficient (Wildman–Crippen LogP) is 2.29. The number of methoxy groups -OCH3 is 1. The van der Waals surface area contributed by atoms with Crippen molar-refractivity contribution in [3.05, 3.63) is 34.9 Å². The number of nitrogens with zero attached hydrogens (tertiary/aromatic N) is 6. The van der Waals surface area contributed by atoms with Crippen LogP contribution in [-0.2, 0) is 22.0 Å². The summed E-state index contributed by atoms with van der Waals surface area (Å²) in [6.45, 7) is 1.29. The van der Waals surface area contributed by atoms with Gasteiger partial charge in [0, 0.05) is 29.2 Å². The monoisotopic (exact) mass is 567 g/mol. The van der Waals surface area contributed by atoms with E-state index in [-0.39, 0.29) is 35.6 Å². The van der Waals surface area contributed by atoms with Gasteiger partial charge in [-0.1, -0.05) is 6.92 Å². The van der Waals surface area contributed by atoms with Gasteiger partial charge in [0.2, 0.25) is 11.8 Å². The van der Waals surface area contributed by atoms with Crippen molar-refractivity contribution >= 4 is 45.7 Å². The van der Waals surface area contributed by atoms with Crippen molar-refractivity contribution in [3.8, 4) is 5.88 Å². The summed E-state index contributed by atoms with van der Waals surface area (Å²) in [6.07, 6.45) is 1.65. The number of alkyl carbamates (subject to hydrolysis) is 1. The number of anilines is 2. The fourth-order valence-corrected chi connectivity index (χ4v) is 5.74. The maximum Gasteiger partial charge on any atom is 0.407 e. The second-order valence-electron chi connectivity index (χ2n) is 10.4. The fourth-order valence-electron chi connectivity index (χ4n) is 5.74. The van der Waals surface area contributed by atoms with Gasteiger partial charge in [-0.2, -0.15) is 0 Å². The lowest BCUT2D eigenvalue weighted by Gasteiger charge is -2.15. The van der Waals surface area contributed by atoms with Crippen LogP contribution in [0.25, 0.3) is 22.1 Å². The molecule has 4 atom stereocenters. The molecule has 0 aliphatic heterocycles. The zero-order valence-corrected chi connectivity index (χ0v) is 22.8. The minimum Gasteiger partial charge on any atom is -0.476 e. The first-order valence-electron chi connectivity index (χ1n) is 15.3. The number of carbonyl (C=O) groups excluding carboxylic acids is 2. The maximum absolute atomic E-state index is 13.6. The Hall–Kier alpha value is -4.62. The number of amides is 2. The van der Waals surface area contributed by atoms with Crippen LogP contribution in [0.4, 0.5) is 16.4 Å². The number of hydrogen-bond donors (Lipinski definition) is 3. The maximum atomic E-state index is 13.6. The van der Waals surface area contributed by atoms with Gasteiger partial charge in [0.1, 0.15) is 17.2 Å². The summed E-state index contributed by atoms with van der Waals surface area (Å²) in [5.74, 6) is 0.356. The molecule has 2 fully saturated rings. The predicted molar refractivity (Wildman–Crippen MR) is 150 cm³/mol. The highest BCUT2D eigenvalue weighted by Crippen LogP contribution is 2.51. The summed E-state index contributed by atoms with van der Waals surface area (Å²) in [6, 6.07) is 2.99. The molecule has 41 heavy (non-hydrogen) atoms. The van der Waals surface area contributed by atoms with Crippen molar-refractivity contribution in [1.29, 1.82) is 0 Å². The van der Waals surface area contributed by atoms with Crippen LogP contribution in [0.5, 0.6) is 5.88 Å². The number of hydrogen-bond acceptors (Lipinski definition) is 9. The van der Waals surface area contributed by atoms with Crippen LogP contribution in [0.3, 0.4) is 0 Å². The second-order valence-corrected chi connectivity index (χ2v) is 10.4. The summed E-state index contributed by atoms with van der Waals surface area (Å²) in [7, 11) is 1.20. The molecule has 2 saturated carbocycles. The van der Waals surface area contributed by atoms with Gasteiger partial charge in [0.25, 0.3) is 0 Å². The van der Waals surface area contributed by atoms with E-state index >= 15 is 0 Å². The third-order valence-corrected chi connectivity index (χ3v) is 7.96. The van der Waals surface area contributed by atoms with Crippen molar-refractivity contribution in [1.82, 2.24) is 34.2 Å². The summed E-state index contributed by atoms with van der Waals surface area (Å²) >= 11 is 0. The molecule has 4 aromatic heterocycles. The number of nitrogens with two attached hydrogens (primary N) is 1. The molecule has 4 aromatic rings. The van der Waals surface area contributed by atoms with Gasteiger partial charge in [0.05, 0.1) is 37.7 Å². The zero-order valence-electron chi connectivity index (χ0n) is 26.8. The number of fused-ring (bicyclic) bond motifs is 2. The van der Waals surface area contributed by atoms with E-state index in [0.717, 1.165) is 0 Å². The Morgan fingerprint density at radius 1 is 1.29 bits per heavy atom. The third kappa shape index (κ3) is 4.24. The van der Waals surface area contributed by atoms with Gasteiger partial charge < -0.3 is 25.8 Å².